The largest absolute Gasteiger partial charge is 0.347 e. The van der Waals surface area contributed by atoms with Crippen molar-refractivity contribution < 1.29 is 0 Å². The maximum Gasteiger partial charge on any atom is 0.127 e. The first-order valence-corrected chi connectivity index (χ1v) is 5.94. The summed E-state index contributed by atoms with van der Waals surface area (Å²) in [5.74, 6) is 0.937. The van der Waals surface area contributed by atoms with E-state index in [-0.39, 0.29) is 6.04 Å². The van der Waals surface area contributed by atoms with Gasteiger partial charge in [-0.15, -0.1) is 0 Å². The van der Waals surface area contributed by atoms with Crippen molar-refractivity contribution in [3.05, 3.63) is 39.0 Å². The summed E-state index contributed by atoms with van der Waals surface area (Å²) in [6.07, 6.45) is 3.60. The van der Waals surface area contributed by atoms with Crippen molar-refractivity contribution in [2.24, 2.45) is 0 Å². The highest BCUT2D eigenvalue weighted by Crippen LogP contribution is 2.29. The first-order chi connectivity index (χ1) is 6.83. The lowest BCUT2D eigenvalue weighted by Crippen LogP contribution is -2.18. The van der Waals surface area contributed by atoms with Crippen molar-refractivity contribution in [3.63, 3.8) is 0 Å². The Hall–Kier alpha value is -0.650. The SMILES string of the molecule is CNC(c1ncc[nH]1)c1cscc1Br. The summed E-state index contributed by atoms with van der Waals surface area (Å²) in [7, 11) is 1.93. The quantitative estimate of drug-likeness (QED) is 0.901. The average Bonchev–Trinajstić information content (AvgIpc) is 2.80. The Kier molecular flexibility index (Phi) is 3.00. The van der Waals surface area contributed by atoms with Crippen LogP contribution in [0.15, 0.2) is 27.6 Å². The molecule has 2 aromatic rings. The fourth-order valence-corrected chi connectivity index (χ4v) is 2.92. The number of aromatic nitrogens is 2. The van der Waals surface area contributed by atoms with Gasteiger partial charge in [-0.1, -0.05) is 0 Å². The van der Waals surface area contributed by atoms with E-state index in [9.17, 15) is 0 Å². The van der Waals surface area contributed by atoms with Crippen molar-refractivity contribution in [1.29, 1.82) is 0 Å². The van der Waals surface area contributed by atoms with E-state index in [1.165, 1.54) is 5.56 Å². The Morgan fingerprint density at radius 2 is 2.43 bits per heavy atom. The van der Waals surface area contributed by atoms with Crippen LogP contribution in [0, 0.1) is 0 Å². The number of aromatic amines is 1. The van der Waals surface area contributed by atoms with Gasteiger partial charge in [0.05, 0.1) is 6.04 Å². The van der Waals surface area contributed by atoms with Crippen molar-refractivity contribution in [3.8, 4) is 0 Å². The highest BCUT2D eigenvalue weighted by Gasteiger charge is 2.17. The third-order valence-corrected chi connectivity index (χ3v) is 3.79. The molecule has 0 aliphatic heterocycles. The molecule has 0 saturated heterocycles. The molecule has 0 radical (unpaired) electrons. The standard InChI is InChI=1S/C9H10BrN3S/c1-11-8(9-12-2-3-13-9)6-4-14-5-7(6)10/h2-5,8,11H,1H3,(H,12,13). The van der Waals surface area contributed by atoms with E-state index < -0.39 is 0 Å². The van der Waals surface area contributed by atoms with Crippen LogP contribution in [0.3, 0.4) is 0 Å². The van der Waals surface area contributed by atoms with E-state index >= 15 is 0 Å². The number of nitrogens with one attached hydrogen (secondary N) is 2. The van der Waals surface area contributed by atoms with E-state index in [2.05, 4.69) is 42.0 Å². The van der Waals surface area contributed by atoms with Gasteiger partial charge in [0.25, 0.3) is 0 Å². The van der Waals surface area contributed by atoms with Crippen LogP contribution >= 0.6 is 27.3 Å². The van der Waals surface area contributed by atoms with Gasteiger partial charge in [0.1, 0.15) is 5.82 Å². The first kappa shape index (κ1) is 9.89. The first-order valence-electron chi connectivity index (χ1n) is 4.21. The third-order valence-electron chi connectivity index (χ3n) is 2.03. The molecule has 0 aromatic carbocycles. The Balaban J connectivity index is 2.36. The molecule has 0 aliphatic carbocycles. The van der Waals surface area contributed by atoms with Gasteiger partial charge < -0.3 is 10.3 Å². The van der Waals surface area contributed by atoms with Crippen LogP contribution in [0.25, 0.3) is 0 Å². The molecular weight excluding hydrogens is 262 g/mol. The van der Waals surface area contributed by atoms with Crippen molar-refractivity contribution in [2.45, 2.75) is 6.04 Å². The second kappa shape index (κ2) is 4.25. The van der Waals surface area contributed by atoms with Crippen LogP contribution in [0.5, 0.6) is 0 Å². The number of hydrogen-bond donors (Lipinski definition) is 2. The number of thiophene rings is 1. The maximum atomic E-state index is 4.25. The molecule has 0 spiro atoms. The topological polar surface area (TPSA) is 40.7 Å². The Morgan fingerprint density at radius 1 is 1.57 bits per heavy atom. The summed E-state index contributed by atoms with van der Waals surface area (Å²) in [6, 6.07) is 0.130. The maximum absolute atomic E-state index is 4.25. The van der Waals surface area contributed by atoms with E-state index in [0.29, 0.717) is 0 Å². The van der Waals surface area contributed by atoms with Gasteiger partial charge >= 0.3 is 0 Å². The predicted octanol–water partition coefficient (Wildman–Crippen LogP) is 2.54. The predicted molar refractivity (Wildman–Crippen MR) is 61.5 cm³/mol. The van der Waals surface area contributed by atoms with Crippen LogP contribution in [0.1, 0.15) is 17.4 Å². The molecule has 3 nitrogen and oxygen atoms in total. The summed E-state index contributed by atoms with van der Waals surface area (Å²) < 4.78 is 1.12. The zero-order valence-corrected chi connectivity index (χ0v) is 10.0. The third kappa shape index (κ3) is 1.75. The molecular formula is C9H10BrN3S. The molecule has 5 heteroatoms. The van der Waals surface area contributed by atoms with Gasteiger partial charge in [-0.25, -0.2) is 4.98 Å². The number of imidazole rings is 1. The summed E-state index contributed by atoms with van der Waals surface area (Å²) in [5.41, 5.74) is 1.22. The monoisotopic (exact) mass is 271 g/mol. The Labute approximate surface area is 94.7 Å². The highest BCUT2D eigenvalue weighted by molar-refractivity contribution is 9.10. The van der Waals surface area contributed by atoms with E-state index in [4.69, 9.17) is 0 Å². The molecule has 0 aliphatic rings. The van der Waals surface area contributed by atoms with E-state index in [0.717, 1.165) is 10.3 Å². The van der Waals surface area contributed by atoms with E-state index in [1.54, 1.807) is 17.5 Å². The molecule has 74 valence electrons. The van der Waals surface area contributed by atoms with Crippen LogP contribution in [-0.2, 0) is 0 Å². The summed E-state index contributed by atoms with van der Waals surface area (Å²) in [6.45, 7) is 0. The number of H-pyrrole nitrogens is 1. The van der Waals surface area contributed by atoms with Crippen LogP contribution in [0.2, 0.25) is 0 Å². The second-order valence-electron chi connectivity index (χ2n) is 2.87. The normalized spacial score (nSPS) is 13.0. The van der Waals surface area contributed by atoms with Crippen molar-refractivity contribution >= 4 is 27.3 Å². The molecule has 1 unspecified atom stereocenters. The Bertz CT molecular complexity index is 396. The molecule has 2 rings (SSSR count). The fraction of sp³-hybridized carbons (Fsp3) is 0.222. The lowest BCUT2D eigenvalue weighted by molar-refractivity contribution is 0.655. The molecule has 2 heterocycles. The molecule has 0 fully saturated rings. The average molecular weight is 272 g/mol. The smallest absolute Gasteiger partial charge is 0.127 e. The minimum absolute atomic E-state index is 0.130. The minimum Gasteiger partial charge on any atom is -0.347 e. The zero-order valence-electron chi connectivity index (χ0n) is 7.62. The van der Waals surface area contributed by atoms with Crippen molar-refractivity contribution in [1.82, 2.24) is 15.3 Å². The lowest BCUT2D eigenvalue weighted by Gasteiger charge is -2.12. The molecule has 2 N–H and O–H groups in total. The zero-order chi connectivity index (χ0) is 9.97. The van der Waals surface area contributed by atoms with Gasteiger partial charge in [-0.2, -0.15) is 11.3 Å². The molecule has 1 atom stereocenters. The molecule has 0 saturated carbocycles. The number of nitrogens with zero attached hydrogens (tertiary/aromatic N) is 1. The van der Waals surface area contributed by atoms with Gasteiger partial charge in [0, 0.05) is 27.8 Å². The lowest BCUT2D eigenvalue weighted by atomic mass is 10.1. The molecule has 14 heavy (non-hydrogen) atoms. The van der Waals surface area contributed by atoms with E-state index in [1.807, 2.05) is 13.2 Å². The fourth-order valence-electron chi connectivity index (χ4n) is 1.37. The number of hydrogen-bond acceptors (Lipinski definition) is 3. The molecule has 2 aromatic heterocycles. The van der Waals surface area contributed by atoms with Gasteiger partial charge in [0.15, 0.2) is 0 Å². The van der Waals surface area contributed by atoms with Gasteiger partial charge in [0.2, 0.25) is 0 Å². The highest BCUT2D eigenvalue weighted by atomic mass is 79.9. The number of rotatable bonds is 3. The van der Waals surface area contributed by atoms with Gasteiger partial charge in [-0.3, -0.25) is 0 Å². The summed E-state index contributed by atoms with van der Waals surface area (Å²) in [5, 5.41) is 7.42. The number of halogens is 1. The van der Waals surface area contributed by atoms with Crippen LogP contribution in [0.4, 0.5) is 0 Å². The summed E-state index contributed by atoms with van der Waals surface area (Å²) in [4.78, 5) is 7.36. The molecule has 0 amide bonds. The van der Waals surface area contributed by atoms with Gasteiger partial charge in [-0.05, 0) is 28.4 Å². The van der Waals surface area contributed by atoms with Crippen LogP contribution in [-0.4, -0.2) is 17.0 Å². The minimum atomic E-state index is 0.130. The molecule has 0 bridgehead atoms. The Morgan fingerprint density at radius 3 is 2.93 bits per heavy atom. The summed E-state index contributed by atoms with van der Waals surface area (Å²) >= 11 is 5.20. The van der Waals surface area contributed by atoms with Crippen LogP contribution < -0.4 is 5.32 Å². The second-order valence-corrected chi connectivity index (χ2v) is 4.47. The van der Waals surface area contributed by atoms with Crippen molar-refractivity contribution in [2.75, 3.05) is 7.05 Å².